The van der Waals surface area contributed by atoms with Gasteiger partial charge in [-0.05, 0) is 12.5 Å². The average molecular weight is 168 g/mol. The monoisotopic (exact) mass is 168 g/mol. The Kier molecular flexibility index (Phi) is 7.03. The molecule has 0 atom stereocenters. The minimum absolute atomic E-state index is 1.03. The highest BCUT2D eigenvalue weighted by Crippen LogP contribution is 1.94. The normalized spacial score (nSPS) is 11.1. The lowest BCUT2D eigenvalue weighted by Gasteiger charge is -1.86. The first kappa shape index (κ1) is 10.8. The van der Waals surface area contributed by atoms with Crippen LogP contribution in [0.1, 0.15) is 26.2 Å². The second-order valence-electron chi connectivity index (χ2n) is 2.36. The molecule has 1 amide bonds. The number of carbonyl (C=O) groups excluding carboxylic acids is 1. The van der Waals surface area contributed by atoms with Gasteiger partial charge in [-0.1, -0.05) is 31.9 Å². The number of hydrogen-bond donors (Lipinski definition) is 1. The van der Waals surface area contributed by atoms with Crippen LogP contribution in [0, 0.1) is 0 Å². The van der Waals surface area contributed by atoms with Crippen LogP contribution in [-0.4, -0.2) is 6.09 Å². The van der Waals surface area contributed by atoms with Crippen LogP contribution in [0.25, 0.3) is 0 Å². The maximum atomic E-state index is 9.84. The number of carbonyl (C=O) groups is 1. The van der Waals surface area contributed by atoms with Crippen LogP contribution >= 0.6 is 0 Å². The minimum Gasteiger partial charge on any atom is -0.295 e. The van der Waals surface area contributed by atoms with Gasteiger partial charge in [-0.2, -0.15) is 0 Å². The smallest absolute Gasteiger partial charge is 0.295 e. The summed E-state index contributed by atoms with van der Waals surface area (Å²) in [6.45, 7) is 2.13. The maximum absolute atomic E-state index is 9.84. The zero-order valence-corrected chi connectivity index (χ0v) is 7.25. The van der Waals surface area contributed by atoms with Crippen LogP contribution in [0.2, 0.25) is 0 Å². The van der Waals surface area contributed by atoms with E-state index in [4.69, 9.17) is 0 Å². The lowest BCUT2D eigenvalue weighted by molar-refractivity contribution is 0.173. The molecule has 67 valence electrons. The molecular formula is C9H14NO2. The Morgan fingerprint density at radius 3 is 2.75 bits per heavy atom. The molecule has 3 nitrogen and oxygen atoms in total. The lowest BCUT2D eigenvalue weighted by atomic mass is 10.2. The van der Waals surface area contributed by atoms with Crippen molar-refractivity contribution in [3.63, 3.8) is 0 Å². The molecule has 0 heterocycles. The quantitative estimate of drug-likeness (QED) is 0.497. The van der Waals surface area contributed by atoms with Crippen LogP contribution in [0.5, 0.6) is 0 Å². The van der Waals surface area contributed by atoms with E-state index in [1.165, 1.54) is 12.6 Å². The van der Waals surface area contributed by atoms with Crippen molar-refractivity contribution in [3.05, 3.63) is 24.4 Å². The molecule has 0 aliphatic heterocycles. The number of hydrogen-bond acceptors (Lipinski definition) is 1. The molecule has 0 aliphatic carbocycles. The van der Waals surface area contributed by atoms with Gasteiger partial charge in [0.2, 0.25) is 0 Å². The van der Waals surface area contributed by atoms with Gasteiger partial charge in [0.05, 0.1) is 0 Å². The Morgan fingerprint density at radius 1 is 1.42 bits per heavy atom. The second kappa shape index (κ2) is 7.85. The average Bonchev–Trinajstić information content (AvgIpc) is 2.02. The molecule has 0 unspecified atom stereocenters. The minimum atomic E-state index is -1.28. The second-order valence-corrected chi connectivity index (χ2v) is 2.36. The van der Waals surface area contributed by atoms with E-state index >= 15 is 0 Å². The number of nitrogens with one attached hydrogen (secondary N) is 1. The van der Waals surface area contributed by atoms with Gasteiger partial charge in [-0.15, -0.1) is 0 Å². The van der Waals surface area contributed by atoms with Crippen molar-refractivity contribution < 1.29 is 9.90 Å². The first-order chi connectivity index (χ1) is 5.77. The molecule has 1 N–H and O–H groups in total. The number of unbranched alkanes of at least 4 members (excludes halogenated alkanes) is 2. The fourth-order valence-corrected chi connectivity index (χ4v) is 0.668. The zero-order chi connectivity index (χ0) is 9.23. The third-order valence-electron chi connectivity index (χ3n) is 1.27. The van der Waals surface area contributed by atoms with Crippen molar-refractivity contribution in [2.45, 2.75) is 26.2 Å². The predicted octanol–water partition coefficient (Wildman–Crippen LogP) is 2.39. The molecule has 0 rings (SSSR count). The van der Waals surface area contributed by atoms with E-state index in [1.807, 2.05) is 17.5 Å². The number of allylic oxidation sites excluding steroid dienone is 3. The molecule has 0 fully saturated rings. The van der Waals surface area contributed by atoms with E-state index in [2.05, 4.69) is 6.92 Å². The highest BCUT2D eigenvalue weighted by Gasteiger charge is 1.86. The molecule has 0 saturated carbocycles. The molecule has 0 aliphatic rings. The molecule has 0 bridgehead atoms. The van der Waals surface area contributed by atoms with Gasteiger partial charge in [0.15, 0.2) is 0 Å². The molecule has 0 spiro atoms. The Bertz CT molecular complexity index is 173. The molecule has 12 heavy (non-hydrogen) atoms. The summed E-state index contributed by atoms with van der Waals surface area (Å²) >= 11 is 0. The predicted molar refractivity (Wildman–Crippen MR) is 47.0 cm³/mol. The van der Waals surface area contributed by atoms with Crippen LogP contribution in [0.3, 0.4) is 0 Å². The summed E-state index contributed by atoms with van der Waals surface area (Å²) in [7, 11) is 0. The van der Waals surface area contributed by atoms with Gasteiger partial charge < -0.3 is 0 Å². The highest BCUT2D eigenvalue weighted by molar-refractivity contribution is 5.65. The third kappa shape index (κ3) is 8.75. The Labute approximate surface area is 72.8 Å². The highest BCUT2D eigenvalue weighted by atomic mass is 16.4. The van der Waals surface area contributed by atoms with Crippen molar-refractivity contribution in [2.75, 3.05) is 0 Å². The zero-order valence-electron chi connectivity index (χ0n) is 7.25. The van der Waals surface area contributed by atoms with Gasteiger partial charge in [0.25, 0.3) is 0 Å². The topological polar surface area (TPSA) is 49.0 Å². The summed E-state index contributed by atoms with van der Waals surface area (Å²) in [5.74, 6) is 0. The van der Waals surface area contributed by atoms with E-state index in [9.17, 15) is 9.90 Å². The Hall–Kier alpha value is -1.25. The maximum Gasteiger partial charge on any atom is 0.454 e. The van der Waals surface area contributed by atoms with E-state index in [0.29, 0.717) is 0 Å². The van der Waals surface area contributed by atoms with Gasteiger partial charge in [0.1, 0.15) is 0 Å². The van der Waals surface area contributed by atoms with Crippen molar-refractivity contribution in [1.29, 1.82) is 0 Å². The molecule has 0 aromatic carbocycles. The van der Waals surface area contributed by atoms with Crippen LogP contribution in [-0.2, 0) is 5.11 Å². The summed E-state index contributed by atoms with van der Waals surface area (Å²) in [6.07, 6.45) is 8.86. The fraction of sp³-hybridized carbons (Fsp3) is 0.444. The largest absolute Gasteiger partial charge is 0.454 e. The molecule has 3 heteroatoms. The summed E-state index contributed by atoms with van der Waals surface area (Å²) in [6, 6.07) is 0. The SMILES string of the molecule is CCCCC=CC=CNC([O])=O. The first-order valence-corrected chi connectivity index (χ1v) is 4.06. The first-order valence-electron chi connectivity index (χ1n) is 4.06. The number of rotatable bonds is 5. The van der Waals surface area contributed by atoms with Crippen molar-refractivity contribution in [3.8, 4) is 0 Å². The third-order valence-corrected chi connectivity index (χ3v) is 1.27. The van der Waals surface area contributed by atoms with Crippen LogP contribution in [0.4, 0.5) is 4.79 Å². The Balaban J connectivity index is 3.33. The van der Waals surface area contributed by atoms with Gasteiger partial charge in [-0.3, -0.25) is 5.32 Å². The van der Waals surface area contributed by atoms with Crippen molar-refractivity contribution in [1.82, 2.24) is 5.32 Å². The summed E-state index contributed by atoms with van der Waals surface area (Å²) in [4.78, 5) is 9.84. The van der Waals surface area contributed by atoms with Crippen LogP contribution in [0.15, 0.2) is 24.4 Å². The number of amides is 1. The fourth-order valence-electron chi connectivity index (χ4n) is 0.668. The molecule has 0 aromatic heterocycles. The molecule has 0 saturated heterocycles. The van der Waals surface area contributed by atoms with Crippen molar-refractivity contribution >= 4 is 6.09 Å². The van der Waals surface area contributed by atoms with E-state index in [1.54, 1.807) is 6.08 Å². The molecule has 1 radical (unpaired) electrons. The van der Waals surface area contributed by atoms with Gasteiger partial charge in [0, 0.05) is 6.20 Å². The molecule has 0 aromatic rings. The summed E-state index contributed by atoms with van der Waals surface area (Å²) < 4.78 is 0. The van der Waals surface area contributed by atoms with Gasteiger partial charge in [-0.25, -0.2) is 9.90 Å². The van der Waals surface area contributed by atoms with Crippen molar-refractivity contribution in [2.24, 2.45) is 0 Å². The Morgan fingerprint density at radius 2 is 2.17 bits per heavy atom. The van der Waals surface area contributed by atoms with Gasteiger partial charge >= 0.3 is 6.09 Å². The summed E-state index contributed by atoms with van der Waals surface area (Å²) in [5, 5.41) is 11.8. The van der Waals surface area contributed by atoms with E-state index in [-0.39, 0.29) is 0 Å². The summed E-state index contributed by atoms with van der Waals surface area (Å²) in [5.41, 5.74) is 0. The van der Waals surface area contributed by atoms with E-state index < -0.39 is 6.09 Å². The molecular weight excluding hydrogens is 154 g/mol. The van der Waals surface area contributed by atoms with Crippen LogP contribution < -0.4 is 5.32 Å². The standard InChI is InChI=1S/C9H14NO2/c1-2-3-4-5-6-7-8-10-9(11)12/h5-8,10H,2-4H2,1H3. The lowest BCUT2D eigenvalue weighted by Crippen LogP contribution is -2.10. The van der Waals surface area contributed by atoms with E-state index in [0.717, 1.165) is 12.8 Å².